The van der Waals surface area contributed by atoms with Gasteiger partial charge in [0.2, 0.25) is 5.91 Å². The molecule has 1 aliphatic rings. The van der Waals surface area contributed by atoms with Gasteiger partial charge in [-0.3, -0.25) is 4.79 Å². The van der Waals surface area contributed by atoms with E-state index in [0.29, 0.717) is 6.54 Å². The number of hydrogen-bond acceptors (Lipinski definition) is 2. The van der Waals surface area contributed by atoms with E-state index in [0.717, 1.165) is 25.0 Å². The van der Waals surface area contributed by atoms with E-state index in [9.17, 15) is 4.79 Å². The zero-order valence-corrected chi connectivity index (χ0v) is 12.4. The minimum Gasteiger partial charge on any atom is -0.496 e. The monoisotopic (exact) mass is 283 g/mol. The third kappa shape index (κ3) is 2.87. The number of nitrogens with one attached hydrogen (secondary N) is 1. The fraction of sp³-hybridized carbons (Fsp3) is 0.389. The zero-order chi connectivity index (χ0) is 14.7. The van der Waals surface area contributed by atoms with Crippen LogP contribution in [0, 0.1) is 5.92 Å². The Labute approximate surface area is 125 Å². The highest BCUT2D eigenvalue weighted by Gasteiger charge is 2.24. The fourth-order valence-corrected chi connectivity index (χ4v) is 2.89. The number of carbonyl (C=O) groups excluding carboxylic acids is 1. The molecule has 0 unspecified atom stereocenters. The van der Waals surface area contributed by atoms with E-state index in [1.54, 1.807) is 7.11 Å². The maximum absolute atomic E-state index is 11.9. The highest BCUT2D eigenvalue weighted by Crippen LogP contribution is 2.29. The Morgan fingerprint density at radius 3 is 2.76 bits per heavy atom. The van der Waals surface area contributed by atoms with E-state index in [2.05, 4.69) is 23.5 Å². The largest absolute Gasteiger partial charge is 0.496 e. The minimum absolute atomic E-state index is 0.209. The molecule has 1 saturated carbocycles. The summed E-state index contributed by atoms with van der Waals surface area (Å²) in [5.41, 5.74) is 1.17. The molecule has 3 nitrogen and oxygen atoms in total. The molecule has 1 amide bonds. The number of hydrogen-bond donors (Lipinski definition) is 1. The van der Waals surface area contributed by atoms with Gasteiger partial charge in [0.25, 0.3) is 0 Å². The first-order chi connectivity index (χ1) is 10.3. The Morgan fingerprint density at radius 1 is 1.24 bits per heavy atom. The first kappa shape index (κ1) is 13.9. The summed E-state index contributed by atoms with van der Waals surface area (Å²) in [6, 6.07) is 12.4. The molecule has 3 heteroatoms. The minimum atomic E-state index is 0.209. The summed E-state index contributed by atoms with van der Waals surface area (Å²) in [4.78, 5) is 11.9. The Hall–Kier alpha value is -2.03. The molecule has 110 valence electrons. The van der Waals surface area contributed by atoms with Crippen LogP contribution in [0.4, 0.5) is 0 Å². The summed E-state index contributed by atoms with van der Waals surface area (Å²) in [6.07, 6.45) is 4.07. The Kier molecular flexibility index (Phi) is 4.09. The van der Waals surface area contributed by atoms with Crippen molar-refractivity contribution in [2.45, 2.75) is 25.7 Å². The van der Waals surface area contributed by atoms with Crippen molar-refractivity contribution in [1.82, 2.24) is 5.32 Å². The van der Waals surface area contributed by atoms with Crippen LogP contribution in [-0.4, -0.2) is 19.6 Å². The molecule has 1 aliphatic carbocycles. The standard InChI is InChI=1S/C18H21NO2/c1-21-17-10-9-13-5-2-3-8-15(13)16(17)11-12-19-18(20)14-6-4-7-14/h2-3,5,8-10,14H,4,6-7,11-12H2,1H3,(H,19,20). The zero-order valence-electron chi connectivity index (χ0n) is 12.4. The normalized spacial score (nSPS) is 14.7. The van der Waals surface area contributed by atoms with Crippen LogP contribution >= 0.6 is 0 Å². The van der Waals surface area contributed by atoms with Crippen LogP contribution in [0.2, 0.25) is 0 Å². The van der Waals surface area contributed by atoms with Gasteiger partial charge in [-0.1, -0.05) is 36.8 Å². The number of methoxy groups -OCH3 is 1. The third-order valence-corrected chi connectivity index (χ3v) is 4.37. The molecule has 0 aromatic heterocycles. The summed E-state index contributed by atoms with van der Waals surface area (Å²) in [5.74, 6) is 1.35. The number of amides is 1. The van der Waals surface area contributed by atoms with E-state index in [1.165, 1.54) is 22.8 Å². The highest BCUT2D eigenvalue weighted by atomic mass is 16.5. The number of fused-ring (bicyclic) bond motifs is 1. The predicted molar refractivity (Wildman–Crippen MR) is 84.6 cm³/mol. The van der Waals surface area contributed by atoms with Crippen molar-refractivity contribution in [2.24, 2.45) is 5.92 Å². The second-order valence-corrected chi connectivity index (χ2v) is 5.64. The molecule has 0 atom stereocenters. The second kappa shape index (κ2) is 6.17. The van der Waals surface area contributed by atoms with E-state index < -0.39 is 0 Å². The quantitative estimate of drug-likeness (QED) is 0.914. The van der Waals surface area contributed by atoms with Gasteiger partial charge < -0.3 is 10.1 Å². The Bertz CT molecular complexity index is 647. The van der Waals surface area contributed by atoms with E-state index in [-0.39, 0.29) is 11.8 Å². The molecule has 2 aromatic carbocycles. The summed E-state index contributed by atoms with van der Waals surface area (Å²) in [7, 11) is 1.69. The summed E-state index contributed by atoms with van der Waals surface area (Å²) < 4.78 is 5.48. The molecular weight excluding hydrogens is 262 g/mol. The van der Waals surface area contributed by atoms with Crippen LogP contribution in [0.1, 0.15) is 24.8 Å². The average molecular weight is 283 g/mol. The molecule has 0 bridgehead atoms. The van der Waals surface area contributed by atoms with E-state index in [1.807, 2.05) is 18.2 Å². The maximum atomic E-state index is 11.9. The third-order valence-electron chi connectivity index (χ3n) is 4.37. The van der Waals surface area contributed by atoms with Crippen molar-refractivity contribution in [3.05, 3.63) is 42.0 Å². The van der Waals surface area contributed by atoms with Crippen LogP contribution in [0.25, 0.3) is 10.8 Å². The summed E-state index contributed by atoms with van der Waals surface area (Å²) in [5, 5.41) is 5.47. The van der Waals surface area contributed by atoms with Gasteiger partial charge in [0.1, 0.15) is 5.75 Å². The van der Waals surface area contributed by atoms with Crippen LogP contribution in [0.15, 0.2) is 36.4 Å². The lowest BCUT2D eigenvalue weighted by Crippen LogP contribution is -2.35. The molecule has 0 spiro atoms. The van der Waals surface area contributed by atoms with E-state index >= 15 is 0 Å². The molecule has 21 heavy (non-hydrogen) atoms. The Morgan fingerprint density at radius 2 is 2.05 bits per heavy atom. The van der Waals surface area contributed by atoms with Crippen molar-refractivity contribution in [3.8, 4) is 5.75 Å². The maximum Gasteiger partial charge on any atom is 0.223 e. The smallest absolute Gasteiger partial charge is 0.223 e. The van der Waals surface area contributed by atoms with Gasteiger partial charge in [-0.25, -0.2) is 0 Å². The SMILES string of the molecule is COc1ccc2ccccc2c1CCNC(=O)C1CCC1. The van der Waals surface area contributed by atoms with Gasteiger partial charge in [0.05, 0.1) is 7.11 Å². The molecule has 1 fully saturated rings. The number of benzene rings is 2. The topological polar surface area (TPSA) is 38.3 Å². The van der Waals surface area contributed by atoms with Gasteiger partial charge in [0, 0.05) is 18.0 Å². The summed E-state index contributed by atoms with van der Waals surface area (Å²) in [6.45, 7) is 0.666. The van der Waals surface area contributed by atoms with Crippen molar-refractivity contribution >= 4 is 16.7 Å². The molecule has 0 radical (unpaired) electrons. The first-order valence-electron chi connectivity index (χ1n) is 7.62. The lowest BCUT2D eigenvalue weighted by atomic mass is 9.85. The molecule has 3 rings (SSSR count). The van der Waals surface area contributed by atoms with Gasteiger partial charge in [-0.15, -0.1) is 0 Å². The molecule has 2 aromatic rings. The van der Waals surface area contributed by atoms with Crippen LogP contribution in [0.3, 0.4) is 0 Å². The summed E-state index contributed by atoms with van der Waals surface area (Å²) >= 11 is 0. The number of ether oxygens (including phenoxy) is 1. The molecule has 0 heterocycles. The Balaban J connectivity index is 1.74. The van der Waals surface area contributed by atoms with E-state index in [4.69, 9.17) is 4.74 Å². The van der Waals surface area contributed by atoms with Gasteiger partial charge >= 0.3 is 0 Å². The fourth-order valence-electron chi connectivity index (χ4n) is 2.89. The van der Waals surface area contributed by atoms with Crippen molar-refractivity contribution in [3.63, 3.8) is 0 Å². The highest BCUT2D eigenvalue weighted by molar-refractivity contribution is 5.88. The van der Waals surface area contributed by atoms with Crippen LogP contribution < -0.4 is 10.1 Å². The van der Waals surface area contributed by atoms with Crippen LogP contribution in [-0.2, 0) is 11.2 Å². The number of rotatable bonds is 5. The second-order valence-electron chi connectivity index (χ2n) is 5.64. The lowest BCUT2D eigenvalue weighted by molar-refractivity contribution is -0.127. The van der Waals surface area contributed by atoms with Gasteiger partial charge in [-0.05, 0) is 36.1 Å². The average Bonchev–Trinajstić information content (AvgIpc) is 2.45. The first-order valence-corrected chi connectivity index (χ1v) is 7.62. The lowest BCUT2D eigenvalue weighted by Gasteiger charge is -2.24. The van der Waals surface area contributed by atoms with Crippen molar-refractivity contribution in [2.75, 3.05) is 13.7 Å². The molecule has 0 aliphatic heterocycles. The molecular formula is C18H21NO2. The van der Waals surface area contributed by atoms with Gasteiger partial charge in [-0.2, -0.15) is 0 Å². The predicted octanol–water partition coefficient (Wildman–Crippen LogP) is 3.31. The van der Waals surface area contributed by atoms with Crippen molar-refractivity contribution in [1.29, 1.82) is 0 Å². The van der Waals surface area contributed by atoms with Crippen LogP contribution in [0.5, 0.6) is 5.75 Å². The number of carbonyl (C=O) groups is 1. The molecule has 1 N–H and O–H groups in total. The van der Waals surface area contributed by atoms with Crippen molar-refractivity contribution < 1.29 is 9.53 Å². The molecule has 0 saturated heterocycles. The van der Waals surface area contributed by atoms with Gasteiger partial charge in [0.15, 0.2) is 0 Å².